The number of hydrogen-bond donors (Lipinski definition) is 1. The van der Waals surface area contributed by atoms with Gasteiger partial charge in [-0.2, -0.15) is 0 Å². The molecule has 2 heterocycles. The van der Waals surface area contributed by atoms with Gasteiger partial charge in [0.05, 0.1) is 6.61 Å². The number of hydrogen-bond acceptors (Lipinski definition) is 3. The fourth-order valence-electron chi connectivity index (χ4n) is 2.48. The van der Waals surface area contributed by atoms with Gasteiger partial charge < -0.3 is 10.1 Å². The smallest absolute Gasteiger partial charge is 0.251 e. The van der Waals surface area contributed by atoms with Crippen molar-refractivity contribution in [3.05, 3.63) is 59.4 Å². The van der Waals surface area contributed by atoms with Gasteiger partial charge in [-0.25, -0.2) is 0 Å². The number of aryl methyl sites for hydroxylation is 1. The van der Waals surface area contributed by atoms with Crippen molar-refractivity contribution >= 4 is 5.91 Å². The Morgan fingerprint density at radius 2 is 2.19 bits per heavy atom. The molecule has 1 aromatic carbocycles. The van der Waals surface area contributed by atoms with Crippen LogP contribution >= 0.6 is 0 Å². The van der Waals surface area contributed by atoms with Crippen molar-refractivity contribution in [2.45, 2.75) is 19.3 Å². The van der Waals surface area contributed by atoms with Gasteiger partial charge in [-0.1, -0.05) is 6.07 Å². The summed E-state index contributed by atoms with van der Waals surface area (Å²) in [5.74, 6) is 0.849. The summed E-state index contributed by atoms with van der Waals surface area (Å²) in [6, 6.07) is 11.6. The summed E-state index contributed by atoms with van der Waals surface area (Å²) in [5, 5.41) is 2.84. The normalized spacial score (nSPS) is 13.4. The monoisotopic (exact) mass is 282 g/mol. The van der Waals surface area contributed by atoms with E-state index in [1.807, 2.05) is 42.6 Å². The van der Waals surface area contributed by atoms with E-state index >= 15 is 0 Å². The average molecular weight is 282 g/mol. The van der Waals surface area contributed by atoms with Gasteiger partial charge in [-0.3, -0.25) is 9.78 Å². The van der Waals surface area contributed by atoms with Gasteiger partial charge in [0.2, 0.25) is 0 Å². The number of pyridine rings is 1. The van der Waals surface area contributed by atoms with E-state index < -0.39 is 0 Å². The first-order chi connectivity index (χ1) is 10.3. The van der Waals surface area contributed by atoms with Crippen LogP contribution in [0.2, 0.25) is 0 Å². The molecule has 0 fully saturated rings. The van der Waals surface area contributed by atoms with Crippen LogP contribution in [-0.2, 0) is 12.8 Å². The Kier molecular flexibility index (Phi) is 4.15. The first-order valence-electron chi connectivity index (χ1n) is 7.27. The first kappa shape index (κ1) is 13.6. The van der Waals surface area contributed by atoms with Crippen LogP contribution < -0.4 is 10.1 Å². The van der Waals surface area contributed by atoms with E-state index in [0.29, 0.717) is 13.2 Å². The summed E-state index contributed by atoms with van der Waals surface area (Å²) in [4.78, 5) is 15.9. The summed E-state index contributed by atoms with van der Waals surface area (Å²) in [5.41, 5.74) is 2.92. The molecule has 1 aromatic heterocycles. The van der Waals surface area contributed by atoms with Gasteiger partial charge in [0.15, 0.2) is 0 Å². The van der Waals surface area contributed by atoms with Crippen LogP contribution in [0.3, 0.4) is 0 Å². The van der Waals surface area contributed by atoms with E-state index in [1.165, 1.54) is 0 Å². The minimum Gasteiger partial charge on any atom is -0.494 e. The van der Waals surface area contributed by atoms with Crippen LogP contribution in [0.1, 0.15) is 28.0 Å². The minimum absolute atomic E-state index is 0.0120. The lowest BCUT2D eigenvalue weighted by molar-refractivity contribution is 0.0946. The topological polar surface area (TPSA) is 51.2 Å². The maximum Gasteiger partial charge on any atom is 0.251 e. The Balaban J connectivity index is 1.53. The van der Waals surface area contributed by atoms with Crippen LogP contribution in [0.5, 0.6) is 5.75 Å². The lowest BCUT2D eigenvalue weighted by atomic mass is 10.0. The summed E-state index contributed by atoms with van der Waals surface area (Å²) < 4.78 is 5.77. The molecular weight excluding hydrogens is 264 g/mol. The molecule has 4 nitrogen and oxygen atoms in total. The fraction of sp³-hybridized carbons (Fsp3) is 0.294. The van der Waals surface area contributed by atoms with E-state index in [2.05, 4.69) is 10.3 Å². The lowest BCUT2D eigenvalue weighted by Crippen LogP contribution is -2.31. The van der Waals surface area contributed by atoms with Gasteiger partial charge in [0, 0.05) is 24.0 Å². The third kappa shape index (κ3) is 3.40. The van der Waals surface area contributed by atoms with Crippen LogP contribution in [0.25, 0.3) is 0 Å². The predicted octanol–water partition coefficient (Wildman–Crippen LogP) is 2.38. The van der Waals surface area contributed by atoms with E-state index in [-0.39, 0.29) is 5.91 Å². The fourth-order valence-corrected chi connectivity index (χ4v) is 2.48. The van der Waals surface area contributed by atoms with Crippen molar-refractivity contribution in [1.29, 1.82) is 0 Å². The van der Waals surface area contributed by atoms with Crippen molar-refractivity contribution in [2.75, 3.05) is 13.2 Å². The van der Waals surface area contributed by atoms with Gasteiger partial charge in [0.1, 0.15) is 5.75 Å². The number of benzene rings is 1. The zero-order valence-corrected chi connectivity index (χ0v) is 11.8. The Morgan fingerprint density at radius 3 is 3.05 bits per heavy atom. The lowest BCUT2D eigenvalue weighted by Gasteiger charge is -2.17. The SMILES string of the molecule is O=C1NCCc2cc(OCCCc3ccccn3)ccc21. The van der Waals surface area contributed by atoms with Crippen molar-refractivity contribution in [2.24, 2.45) is 0 Å². The molecule has 0 bridgehead atoms. The summed E-state index contributed by atoms with van der Waals surface area (Å²) in [7, 11) is 0. The predicted molar refractivity (Wildman–Crippen MR) is 80.5 cm³/mol. The standard InChI is InChI=1S/C17H18N2O2/c20-17-16-7-6-15(12-13(16)8-10-19-17)21-11-3-5-14-4-1-2-9-18-14/h1-2,4,6-7,9,12H,3,5,8,10-11H2,(H,19,20). The molecule has 0 spiro atoms. The number of carbonyl (C=O) groups is 1. The van der Waals surface area contributed by atoms with Crippen molar-refractivity contribution in [1.82, 2.24) is 10.3 Å². The molecule has 108 valence electrons. The second kappa shape index (κ2) is 6.39. The van der Waals surface area contributed by atoms with Crippen molar-refractivity contribution in [3.63, 3.8) is 0 Å². The molecular formula is C17H18N2O2. The molecule has 0 atom stereocenters. The molecule has 2 aromatic rings. The zero-order chi connectivity index (χ0) is 14.5. The number of fused-ring (bicyclic) bond motifs is 1. The number of carbonyl (C=O) groups excluding carboxylic acids is 1. The van der Waals surface area contributed by atoms with Gasteiger partial charge >= 0.3 is 0 Å². The Hall–Kier alpha value is -2.36. The number of nitrogens with zero attached hydrogens (tertiary/aromatic N) is 1. The van der Waals surface area contributed by atoms with Gasteiger partial charge in [-0.05, 0) is 55.2 Å². The third-order valence-electron chi connectivity index (χ3n) is 3.57. The van der Waals surface area contributed by atoms with E-state index in [1.54, 1.807) is 0 Å². The van der Waals surface area contributed by atoms with E-state index in [9.17, 15) is 4.79 Å². The van der Waals surface area contributed by atoms with Crippen molar-refractivity contribution in [3.8, 4) is 5.75 Å². The zero-order valence-electron chi connectivity index (χ0n) is 11.8. The Bertz CT molecular complexity index is 626. The van der Waals surface area contributed by atoms with Crippen LogP contribution in [0.4, 0.5) is 0 Å². The van der Waals surface area contributed by atoms with Crippen LogP contribution in [-0.4, -0.2) is 24.0 Å². The molecule has 3 rings (SSSR count). The van der Waals surface area contributed by atoms with Crippen LogP contribution in [0.15, 0.2) is 42.6 Å². The molecule has 0 aliphatic carbocycles. The summed E-state index contributed by atoms with van der Waals surface area (Å²) in [6.07, 6.45) is 4.51. The highest BCUT2D eigenvalue weighted by molar-refractivity contribution is 5.96. The molecule has 1 N–H and O–H groups in total. The molecule has 0 unspecified atom stereocenters. The highest BCUT2D eigenvalue weighted by atomic mass is 16.5. The maximum atomic E-state index is 11.7. The van der Waals surface area contributed by atoms with E-state index in [0.717, 1.165) is 41.8 Å². The molecule has 0 saturated carbocycles. The molecule has 0 saturated heterocycles. The summed E-state index contributed by atoms with van der Waals surface area (Å²) >= 11 is 0. The molecule has 1 amide bonds. The number of nitrogens with one attached hydrogen (secondary N) is 1. The second-order valence-corrected chi connectivity index (χ2v) is 5.10. The molecule has 1 aliphatic rings. The third-order valence-corrected chi connectivity index (χ3v) is 3.57. The minimum atomic E-state index is 0.0120. The molecule has 0 radical (unpaired) electrons. The Labute approximate surface area is 124 Å². The molecule has 4 heteroatoms. The first-order valence-corrected chi connectivity index (χ1v) is 7.27. The Morgan fingerprint density at radius 1 is 1.24 bits per heavy atom. The van der Waals surface area contributed by atoms with Gasteiger partial charge in [0.25, 0.3) is 5.91 Å². The average Bonchev–Trinajstić information content (AvgIpc) is 2.53. The quantitative estimate of drug-likeness (QED) is 0.857. The van der Waals surface area contributed by atoms with E-state index in [4.69, 9.17) is 4.74 Å². The van der Waals surface area contributed by atoms with Crippen molar-refractivity contribution < 1.29 is 9.53 Å². The highest BCUT2D eigenvalue weighted by Crippen LogP contribution is 2.20. The van der Waals surface area contributed by atoms with Crippen LogP contribution in [0, 0.1) is 0 Å². The second-order valence-electron chi connectivity index (χ2n) is 5.10. The van der Waals surface area contributed by atoms with Gasteiger partial charge in [-0.15, -0.1) is 0 Å². The number of amides is 1. The number of aromatic nitrogens is 1. The molecule has 21 heavy (non-hydrogen) atoms. The maximum absolute atomic E-state index is 11.7. The molecule has 1 aliphatic heterocycles. The highest BCUT2D eigenvalue weighted by Gasteiger charge is 2.16. The number of ether oxygens (including phenoxy) is 1. The number of rotatable bonds is 5. The largest absolute Gasteiger partial charge is 0.494 e. The summed E-state index contributed by atoms with van der Waals surface area (Å²) in [6.45, 7) is 1.36.